The van der Waals surface area contributed by atoms with Crippen molar-refractivity contribution in [2.45, 2.75) is 19.3 Å². The number of H-pyrrole nitrogens is 1. The van der Waals surface area contributed by atoms with Crippen LogP contribution in [0.15, 0.2) is 59.1 Å². The molecule has 2 aromatic heterocycles. The largest absolute Gasteiger partial charge is 0.332 e. The van der Waals surface area contributed by atoms with Crippen molar-refractivity contribution in [3.63, 3.8) is 0 Å². The summed E-state index contributed by atoms with van der Waals surface area (Å²) in [7, 11) is 0. The van der Waals surface area contributed by atoms with Gasteiger partial charge in [-0.1, -0.05) is 47.1 Å². The Labute approximate surface area is 177 Å². The van der Waals surface area contributed by atoms with Crippen LogP contribution in [-0.2, 0) is 4.79 Å². The molecule has 1 unspecified atom stereocenters. The zero-order chi connectivity index (χ0) is 20.7. The fraction of sp³-hybridized carbons (Fsp3) is 0.182. The average Bonchev–Trinajstić information content (AvgIpc) is 3.49. The number of hydrogen-bond donors (Lipinski definition) is 1. The molecule has 0 radical (unpaired) electrons. The molecule has 1 N–H and O–H groups in total. The maximum absolute atomic E-state index is 12.6. The molecule has 1 aliphatic heterocycles. The molecule has 0 aliphatic carbocycles. The zero-order valence-corrected chi connectivity index (χ0v) is 16.9. The van der Waals surface area contributed by atoms with Gasteiger partial charge in [-0.25, -0.2) is 0 Å². The van der Waals surface area contributed by atoms with Gasteiger partial charge in [0.1, 0.15) is 5.69 Å². The molecule has 1 amide bonds. The molecule has 7 nitrogen and oxygen atoms in total. The van der Waals surface area contributed by atoms with Gasteiger partial charge < -0.3 is 9.42 Å². The molecular formula is C22H18ClN5O2. The zero-order valence-electron chi connectivity index (χ0n) is 16.2. The second kappa shape index (κ2) is 7.42. The Kier molecular flexibility index (Phi) is 4.59. The van der Waals surface area contributed by atoms with Crippen molar-refractivity contribution < 1.29 is 9.32 Å². The average molecular weight is 420 g/mol. The third kappa shape index (κ3) is 3.37. The van der Waals surface area contributed by atoms with Gasteiger partial charge in [0.15, 0.2) is 5.82 Å². The third-order valence-corrected chi connectivity index (χ3v) is 5.69. The van der Waals surface area contributed by atoms with Gasteiger partial charge in [-0.15, -0.1) is 0 Å². The first-order chi connectivity index (χ1) is 14.6. The number of carbonyl (C=O) groups excluding carboxylic acids is 1. The van der Waals surface area contributed by atoms with E-state index in [0.717, 1.165) is 22.5 Å². The second-order valence-electron chi connectivity index (χ2n) is 7.33. The molecule has 3 heterocycles. The summed E-state index contributed by atoms with van der Waals surface area (Å²) in [6, 6.07) is 17.3. The van der Waals surface area contributed by atoms with Crippen LogP contribution in [0.1, 0.15) is 23.7 Å². The first-order valence-electron chi connectivity index (χ1n) is 9.60. The van der Waals surface area contributed by atoms with Gasteiger partial charge >= 0.3 is 0 Å². The van der Waals surface area contributed by atoms with Crippen molar-refractivity contribution in [2.75, 3.05) is 11.4 Å². The predicted octanol–water partition coefficient (Wildman–Crippen LogP) is 4.61. The van der Waals surface area contributed by atoms with Crippen molar-refractivity contribution in [1.82, 2.24) is 20.3 Å². The fourth-order valence-electron chi connectivity index (χ4n) is 3.62. The van der Waals surface area contributed by atoms with Gasteiger partial charge in [-0.2, -0.15) is 10.1 Å². The number of rotatable bonds is 4. The first kappa shape index (κ1) is 18.6. The molecule has 30 heavy (non-hydrogen) atoms. The van der Waals surface area contributed by atoms with Gasteiger partial charge in [0, 0.05) is 35.2 Å². The minimum Gasteiger partial charge on any atom is -0.332 e. The van der Waals surface area contributed by atoms with E-state index in [-0.39, 0.29) is 11.8 Å². The van der Waals surface area contributed by atoms with E-state index in [4.69, 9.17) is 16.1 Å². The molecule has 8 heteroatoms. The molecule has 4 aromatic rings. The van der Waals surface area contributed by atoms with Gasteiger partial charge in [0.05, 0.1) is 5.69 Å². The number of aromatic nitrogens is 4. The molecule has 1 aliphatic rings. The van der Waals surface area contributed by atoms with E-state index < -0.39 is 0 Å². The lowest BCUT2D eigenvalue weighted by atomic mass is 10.1. The van der Waals surface area contributed by atoms with E-state index in [1.165, 1.54) is 0 Å². The summed E-state index contributed by atoms with van der Waals surface area (Å²) < 4.78 is 5.44. The lowest BCUT2D eigenvalue weighted by Gasteiger charge is -2.17. The molecule has 5 rings (SSSR count). The van der Waals surface area contributed by atoms with Gasteiger partial charge in [-0.05, 0) is 36.8 Å². The van der Waals surface area contributed by atoms with E-state index in [1.54, 1.807) is 4.90 Å². The van der Waals surface area contributed by atoms with Crippen LogP contribution in [0.4, 0.5) is 5.69 Å². The Morgan fingerprint density at radius 3 is 2.80 bits per heavy atom. The Morgan fingerprint density at radius 1 is 1.17 bits per heavy atom. The number of benzene rings is 2. The molecule has 0 spiro atoms. The molecule has 0 saturated carbocycles. The monoisotopic (exact) mass is 419 g/mol. The minimum atomic E-state index is -0.137. The Hall–Kier alpha value is -3.45. The van der Waals surface area contributed by atoms with Crippen molar-refractivity contribution in [3.8, 4) is 22.8 Å². The first-order valence-corrected chi connectivity index (χ1v) is 9.97. The molecule has 2 aromatic carbocycles. The summed E-state index contributed by atoms with van der Waals surface area (Å²) in [6.07, 6.45) is 0.332. The van der Waals surface area contributed by atoms with Crippen molar-refractivity contribution >= 4 is 23.2 Å². The van der Waals surface area contributed by atoms with Crippen molar-refractivity contribution in [2.24, 2.45) is 0 Å². The number of carbonyl (C=O) groups is 1. The summed E-state index contributed by atoms with van der Waals surface area (Å²) in [6.45, 7) is 2.42. The molecule has 150 valence electrons. The van der Waals surface area contributed by atoms with Crippen LogP contribution in [0, 0.1) is 6.92 Å². The number of halogens is 1. The summed E-state index contributed by atoms with van der Waals surface area (Å²) in [4.78, 5) is 18.8. The highest BCUT2D eigenvalue weighted by Crippen LogP contribution is 2.33. The standard InChI is InChI=1S/C22H18ClN5O2/c1-13-9-16(7-8-17(13)23)28-12-15(10-20(28)29)21-24-22(30-27-21)19-11-18(25-26-19)14-5-3-2-4-6-14/h2-9,11,15H,10,12H2,1H3,(H,25,26). The van der Waals surface area contributed by atoms with Crippen LogP contribution in [0.3, 0.4) is 0 Å². The van der Waals surface area contributed by atoms with Gasteiger partial charge in [0.25, 0.3) is 5.89 Å². The number of amides is 1. The third-order valence-electron chi connectivity index (χ3n) is 5.26. The van der Waals surface area contributed by atoms with Crippen LogP contribution in [0.2, 0.25) is 5.02 Å². The molecule has 0 bridgehead atoms. The SMILES string of the molecule is Cc1cc(N2CC(c3noc(-c4cc(-c5ccccc5)n[nH]4)n3)CC2=O)ccc1Cl. The molecule has 1 atom stereocenters. The topological polar surface area (TPSA) is 87.9 Å². The summed E-state index contributed by atoms with van der Waals surface area (Å²) in [5, 5.41) is 12.1. The van der Waals surface area contributed by atoms with Crippen LogP contribution in [0.25, 0.3) is 22.8 Å². The summed E-state index contributed by atoms with van der Waals surface area (Å²) in [5.74, 6) is 0.763. The number of nitrogens with one attached hydrogen (secondary N) is 1. The number of nitrogens with zero attached hydrogens (tertiary/aromatic N) is 4. The summed E-state index contributed by atoms with van der Waals surface area (Å²) >= 11 is 6.11. The highest BCUT2D eigenvalue weighted by molar-refractivity contribution is 6.31. The Balaban J connectivity index is 1.35. The van der Waals surface area contributed by atoms with E-state index in [2.05, 4.69) is 20.3 Å². The summed E-state index contributed by atoms with van der Waals surface area (Å²) in [5.41, 5.74) is 4.19. The van der Waals surface area contributed by atoms with Crippen LogP contribution < -0.4 is 4.90 Å². The highest BCUT2D eigenvalue weighted by Gasteiger charge is 2.35. The fourth-order valence-corrected chi connectivity index (χ4v) is 3.74. The minimum absolute atomic E-state index is 0.0287. The van der Waals surface area contributed by atoms with Crippen molar-refractivity contribution in [1.29, 1.82) is 0 Å². The maximum atomic E-state index is 12.6. The number of hydrogen-bond acceptors (Lipinski definition) is 5. The van der Waals surface area contributed by atoms with E-state index in [0.29, 0.717) is 35.4 Å². The number of aryl methyl sites for hydroxylation is 1. The maximum Gasteiger partial charge on any atom is 0.275 e. The molecular weight excluding hydrogens is 402 g/mol. The van der Waals surface area contributed by atoms with Crippen molar-refractivity contribution in [3.05, 3.63) is 71.0 Å². The second-order valence-corrected chi connectivity index (χ2v) is 7.74. The smallest absolute Gasteiger partial charge is 0.275 e. The Bertz CT molecular complexity index is 1220. The van der Waals surface area contributed by atoms with Crippen LogP contribution >= 0.6 is 11.6 Å². The van der Waals surface area contributed by atoms with Crippen LogP contribution in [-0.4, -0.2) is 32.8 Å². The van der Waals surface area contributed by atoms with E-state index in [9.17, 15) is 4.79 Å². The molecule has 1 fully saturated rings. The normalized spacial score (nSPS) is 16.4. The van der Waals surface area contributed by atoms with Crippen LogP contribution in [0.5, 0.6) is 0 Å². The number of anilines is 1. The lowest BCUT2D eigenvalue weighted by Crippen LogP contribution is -2.24. The number of aromatic amines is 1. The van der Waals surface area contributed by atoms with E-state index >= 15 is 0 Å². The highest BCUT2D eigenvalue weighted by atomic mass is 35.5. The predicted molar refractivity (Wildman–Crippen MR) is 113 cm³/mol. The quantitative estimate of drug-likeness (QED) is 0.522. The Morgan fingerprint density at radius 2 is 2.00 bits per heavy atom. The van der Waals surface area contributed by atoms with Gasteiger partial charge in [-0.3, -0.25) is 9.89 Å². The lowest BCUT2D eigenvalue weighted by molar-refractivity contribution is -0.117. The molecule has 1 saturated heterocycles. The van der Waals surface area contributed by atoms with Gasteiger partial charge in [0.2, 0.25) is 5.91 Å². The van der Waals surface area contributed by atoms with E-state index in [1.807, 2.05) is 61.5 Å².